The Kier molecular flexibility index (Phi) is 6.76. The number of thioether (sulfide) groups is 1. The first-order valence-electron chi connectivity index (χ1n) is 8.70. The largest absolute Gasteiger partial charge is 0.497 e. The highest BCUT2D eigenvalue weighted by atomic mass is 32.2. The number of hydrogen-bond donors (Lipinski definition) is 1. The summed E-state index contributed by atoms with van der Waals surface area (Å²) in [6.07, 6.45) is 6.05. The molecule has 0 bridgehead atoms. The van der Waals surface area contributed by atoms with Crippen LogP contribution in [0.25, 0.3) is 10.6 Å². The molecule has 1 aromatic heterocycles. The molecule has 1 saturated carbocycles. The van der Waals surface area contributed by atoms with E-state index in [1.807, 2.05) is 24.3 Å². The number of carbonyl (C=O) groups excluding carboxylic acids is 1. The van der Waals surface area contributed by atoms with Crippen molar-refractivity contribution in [2.75, 3.05) is 12.9 Å². The Bertz CT molecular complexity index is 679. The molecule has 0 atom stereocenters. The molecule has 0 unspecified atom stereocenters. The molecule has 1 fully saturated rings. The fourth-order valence-corrected chi connectivity index (χ4v) is 4.66. The van der Waals surface area contributed by atoms with Gasteiger partial charge in [0.15, 0.2) is 0 Å². The lowest BCUT2D eigenvalue weighted by molar-refractivity contribution is -0.119. The van der Waals surface area contributed by atoms with Crippen molar-refractivity contribution in [2.24, 2.45) is 0 Å². The van der Waals surface area contributed by atoms with Crippen molar-refractivity contribution in [3.63, 3.8) is 0 Å². The van der Waals surface area contributed by atoms with E-state index >= 15 is 0 Å². The second kappa shape index (κ2) is 9.25. The molecule has 3 rings (SSSR count). The van der Waals surface area contributed by atoms with Gasteiger partial charge in [0.2, 0.25) is 5.91 Å². The van der Waals surface area contributed by atoms with Gasteiger partial charge in [-0.1, -0.05) is 19.3 Å². The summed E-state index contributed by atoms with van der Waals surface area (Å²) in [5.41, 5.74) is 2.13. The molecule has 25 heavy (non-hydrogen) atoms. The third kappa shape index (κ3) is 5.47. The van der Waals surface area contributed by atoms with Crippen LogP contribution in [0, 0.1) is 0 Å². The number of methoxy groups -OCH3 is 1. The molecule has 134 valence electrons. The number of nitrogens with zero attached hydrogens (tertiary/aromatic N) is 1. The van der Waals surface area contributed by atoms with Gasteiger partial charge in [0.25, 0.3) is 0 Å². The lowest BCUT2D eigenvalue weighted by Gasteiger charge is -2.22. The van der Waals surface area contributed by atoms with Gasteiger partial charge in [0.05, 0.1) is 18.6 Å². The number of amides is 1. The normalized spacial score (nSPS) is 15.1. The van der Waals surface area contributed by atoms with Crippen LogP contribution in [0.1, 0.15) is 37.8 Å². The number of nitrogens with one attached hydrogen (secondary N) is 1. The van der Waals surface area contributed by atoms with Crippen LogP contribution in [0.5, 0.6) is 5.75 Å². The topological polar surface area (TPSA) is 51.2 Å². The zero-order valence-corrected chi connectivity index (χ0v) is 16.1. The van der Waals surface area contributed by atoms with Gasteiger partial charge in [-0.15, -0.1) is 23.1 Å². The molecular weight excluding hydrogens is 352 g/mol. The molecule has 1 aliphatic carbocycles. The Labute approximate surface area is 157 Å². The fraction of sp³-hybridized carbons (Fsp3) is 0.474. The molecule has 4 nitrogen and oxygen atoms in total. The van der Waals surface area contributed by atoms with Crippen molar-refractivity contribution in [3.05, 3.63) is 35.3 Å². The number of benzene rings is 1. The van der Waals surface area contributed by atoms with Gasteiger partial charge in [0, 0.05) is 22.7 Å². The van der Waals surface area contributed by atoms with Crippen LogP contribution in [0.4, 0.5) is 0 Å². The van der Waals surface area contributed by atoms with Crippen molar-refractivity contribution in [1.82, 2.24) is 10.3 Å². The summed E-state index contributed by atoms with van der Waals surface area (Å²) in [4.78, 5) is 16.7. The third-order valence-electron chi connectivity index (χ3n) is 4.34. The summed E-state index contributed by atoms with van der Waals surface area (Å²) in [5.74, 6) is 2.28. The first-order valence-corrected chi connectivity index (χ1v) is 10.7. The molecule has 0 spiro atoms. The van der Waals surface area contributed by atoms with Crippen molar-refractivity contribution in [3.8, 4) is 16.3 Å². The molecule has 1 aliphatic rings. The number of hydrogen-bond acceptors (Lipinski definition) is 5. The van der Waals surface area contributed by atoms with Crippen LogP contribution >= 0.6 is 23.1 Å². The Morgan fingerprint density at radius 2 is 2.04 bits per heavy atom. The van der Waals surface area contributed by atoms with E-state index in [4.69, 9.17) is 4.74 Å². The maximum atomic E-state index is 12.0. The monoisotopic (exact) mass is 376 g/mol. The van der Waals surface area contributed by atoms with E-state index in [1.54, 1.807) is 30.2 Å². The lowest BCUT2D eigenvalue weighted by atomic mass is 9.95. The van der Waals surface area contributed by atoms with Gasteiger partial charge in [-0.05, 0) is 37.1 Å². The molecule has 2 aromatic rings. The SMILES string of the molecule is COc1ccc(-c2nc(CSCC(=O)NC3CCCCC3)cs2)cc1. The molecule has 1 aromatic carbocycles. The number of thiazole rings is 1. The zero-order valence-electron chi connectivity index (χ0n) is 14.5. The summed E-state index contributed by atoms with van der Waals surface area (Å²) in [7, 11) is 1.66. The van der Waals surface area contributed by atoms with E-state index < -0.39 is 0 Å². The lowest BCUT2D eigenvalue weighted by Crippen LogP contribution is -2.37. The summed E-state index contributed by atoms with van der Waals surface area (Å²) in [6.45, 7) is 0. The summed E-state index contributed by atoms with van der Waals surface area (Å²) < 4.78 is 5.18. The van der Waals surface area contributed by atoms with E-state index in [0.29, 0.717) is 11.8 Å². The maximum absolute atomic E-state index is 12.0. The Morgan fingerprint density at radius 3 is 2.76 bits per heavy atom. The van der Waals surface area contributed by atoms with Crippen LogP contribution in [0.15, 0.2) is 29.6 Å². The van der Waals surface area contributed by atoms with Crippen molar-refractivity contribution >= 4 is 29.0 Å². The standard InChI is InChI=1S/C19H24N2O2S2/c1-23-17-9-7-14(8-10-17)19-21-16(12-25-19)11-24-13-18(22)20-15-5-3-2-4-6-15/h7-10,12,15H,2-6,11,13H2,1H3,(H,20,22). The average Bonchev–Trinajstić information content (AvgIpc) is 3.11. The predicted octanol–water partition coefficient (Wildman–Crippen LogP) is 4.50. The van der Waals surface area contributed by atoms with Gasteiger partial charge < -0.3 is 10.1 Å². The second-order valence-electron chi connectivity index (χ2n) is 6.27. The minimum Gasteiger partial charge on any atom is -0.497 e. The maximum Gasteiger partial charge on any atom is 0.230 e. The Balaban J connectivity index is 1.44. The predicted molar refractivity (Wildman–Crippen MR) is 105 cm³/mol. The molecule has 0 aliphatic heterocycles. The van der Waals surface area contributed by atoms with Crippen molar-refractivity contribution in [1.29, 1.82) is 0 Å². The summed E-state index contributed by atoms with van der Waals surface area (Å²) >= 11 is 3.27. The molecule has 1 amide bonds. The second-order valence-corrected chi connectivity index (χ2v) is 8.11. The Morgan fingerprint density at radius 1 is 1.28 bits per heavy atom. The zero-order chi connectivity index (χ0) is 17.5. The molecule has 0 saturated heterocycles. The molecular formula is C19H24N2O2S2. The van der Waals surface area contributed by atoms with E-state index in [9.17, 15) is 4.79 Å². The van der Waals surface area contributed by atoms with Crippen molar-refractivity contribution < 1.29 is 9.53 Å². The van der Waals surface area contributed by atoms with Crippen LogP contribution in [-0.4, -0.2) is 29.8 Å². The average molecular weight is 377 g/mol. The highest BCUT2D eigenvalue weighted by Gasteiger charge is 2.15. The molecule has 0 radical (unpaired) electrons. The van der Waals surface area contributed by atoms with Gasteiger partial charge in [-0.2, -0.15) is 0 Å². The quantitative estimate of drug-likeness (QED) is 0.773. The molecule has 1 N–H and O–H groups in total. The van der Waals surface area contributed by atoms with E-state index in [1.165, 1.54) is 19.3 Å². The highest BCUT2D eigenvalue weighted by molar-refractivity contribution is 7.99. The van der Waals surface area contributed by atoms with E-state index in [0.717, 1.165) is 40.6 Å². The fourth-order valence-electron chi connectivity index (χ4n) is 3.00. The first-order chi connectivity index (χ1) is 12.2. The Hall–Kier alpha value is -1.53. The van der Waals surface area contributed by atoms with Gasteiger partial charge in [-0.3, -0.25) is 4.79 Å². The smallest absolute Gasteiger partial charge is 0.230 e. The number of aromatic nitrogens is 1. The van der Waals surface area contributed by atoms with E-state index in [2.05, 4.69) is 15.7 Å². The number of rotatable bonds is 7. The summed E-state index contributed by atoms with van der Waals surface area (Å²) in [6, 6.07) is 8.32. The minimum atomic E-state index is 0.155. The third-order valence-corrected chi connectivity index (χ3v) is 6.25. The molecule has 6 heteroatoms. The van der Waals surface area contributed by atoms with Crippen molar-refractivity contribution in [2.45, 2.75) is 43.9 Å². The number of ether oxygens (including phenoxy) is 1. The summed E-state index contributed by atoms with van der Waals surface area (Å²) in [5, 5.41) is 6.24. The molecule has 1 heterocycles. The highest BCUT2D eigenvalue weighted by Crippen LogP contribution is 2.27. The van der Waals surface area contributed by atoms with Crippen LogP contribution in [0.3, 0.4) is 0 Å². The van der Waals surface area contributed by atoms with Gasteiger partial charge in [-0.25, -0.2) is 4.98 Å². The minimum absolute atomic E-state index is 0.155. The number of carbonyl (C=O) groups is 1. The van der Waals surface area contributed by atoms with Crippen LogP contribution in [0.2, 0.25) is 0 Å². The van der Waals surface area contributed by atoms with Gasteiger partial charge >= 0.3 is 0 Å². The van der Waals surface area contributed by atoms with E-state index in [-0.39, 0.29) is 5.91 Å². The van der Waals surface area contributed by atoms with Gasteiger partial charge in [0.1, 0.15) is 10.8 Å². The van der Waals surface area contributed by atoms with Crippen LogP contribution in [-0.2, 0) is 10.5 Å². The van der Waals surface area contributed by atoms with Crippen LogP contribution < -0.4 is 10.1 Å². The first kappa shape index (κ1) is 18.3.